The van der Waals surface area contributed by atoms with Crippen molar-refractivity contribution in [1.29, 1.82) is 0 Å². The molecule has 2 aromatic carbocycles. The van der Waals surface area contributed by atoms with E-state index in [2.05, 4.69) is 10.4 Å². The van der Waals surface area contributed by atoms with Crippen molar-refractivity contribution in [3.05, 3.63) is 99.8 Å². The zero-order valence-corrected chi connectivity index (χ0v) is 17.4. The first-order valence-electron chi connectivity index (χ1n) is 9.79. The Morgan fingerprint density at radius 3 is 2.56 bits per heavy atom. The van der Waals surface area contributed by atoms with Crippen LogP contribution in [-0.4, -0.2) is 20.6 Å². The number of nitrogens with zero attached hydrogens (tertiary/aromatic N) is 3. The van der Waals surface area contributed by atoms with E-state index < -0.39 is 10.8 Å². The highest BCUT2D eigenvalue weighted by Gasteiger charge is 2.16. The number of aryl methyl sites for hydroxylation is 2. The molecule has 2 heterocycles. The van der Waals surface area contributed by atoms with Crippen LogP contribution in [0.1, 0.15) is 27.4 Å². The standard InChI is InChI=1S/C23H20N4O5/c1-15-8-16(2)10-20(9-15)31-21-12-17(11-18(13-21)27(29)30)25-23(28)22-5-4-19(32-22)14-26-7-3-6-24-26/h3-13H,14H2,1-2H3,(H,25,28). The summed E-state index contributed by atoms with van der Waals surface area (Å²) >= 11 is 0. The minimum Gasteiger partial charge on any atom is -0.457 e. The Balaban J connectivity index is 1.54. The number of anilines is 1. The molecule has 1 N–H and O–H groups in total. The second kappa shape index (κ2) is 8.76. The van der Waals surface area contributed by atoms with Gasteiger partial charge in [0.2, 0.25) is 0 Å². The van der Waals surface area contributed by atoms with Gasteiger partial charge in [-0.3, -0.25) is 19.6 Å². The molecule has 0 saturated heterocycles. The number of rotatable bonds is 7. The minimum atomic E-state index is -0.543. The van der Waals surface area contributed by atoms with Crippen LogP contribution in [0.4, 0.5) is 11.4 Å². The van der Waals surface area contributed by atoms with Gasteiger partial charge in [-0.2, -0.15) is 5.10 Å². The number of nitro groups is 1. The van der Waals surface area contributed by atoms with Crippen molar-refractivity contribution in [3.8, 4) is 11.5 Å². The Kier molecular flexibility index (Phi) is 5.71. The number of amides is 1. The molecular weight excluding hydrogens is 412 g/mol. The first kappa shape index (κ1) is 20.9. The zero-order chi connectivity index (χ0) is 22.7. The molecule has 4 aromatic rings. The van der Waals surface area contributed by atoms with E-state index in [4.69, 9.17) is 9.15 Å². The highest BCUT2D eigenvalue weighted by Crippen LogP contribution is 2.31. The maximum absolute atomic E-state index is 12.6. The Morgan fingerprint density at radius 2 is 1.88 bits per heavy atom. The summed E-state index contributed by atoms with van der Waals surface area (Å²) in [5.41, 5.74) is 2.01. The van der Waals surface area contributed by atoms with Gasteiger partial charge in [-0.25, -0.2) is 0 Å². The third kappa shape index (κ3) is 5.01. The largest absolute Gasteiger partial charge is 0.457 e. The average molecular weight is 432 g/mol. The van der Waals surface area contributed by atoms with Crippen LogP contribution < -0.4 is 10.1 Å². The van der Waals surface area contributed by atoms with E-state index in [9.17, 15) is 14.9 Å². The summed E-state index contributed by atoms with van der Waals surface area (Å²) in [5, 5.41) is 18.1. The summed E-state index contributed by atoms with van der Waals surface area (Å²) < 4.78 is 13.1. The molecule has 32 heavy (non-hydrogen) atoms. The molecule has 0 aliphatic heterocycles. The maximum atomic E-state index is 12.6. The second-order valence-electron chi connectivity index (χ2n) is 7.32. The third-order valence-corrected chi connectivity index (χ3v) is 4.55. The summed E-state index contributed by atoms with van der Waals surface area (Å²) in [6.07, 6.45) is 3.43. The molecule has 4 rings (SSSR count). The molecule has 9 nitrogen and oxygen atoms in total. The number of benzene rings is 2. The monoisotopic (exact) mass is 432 g/mol. The number of carbonyl (C=O) groups excluding carboxylic acids is 1. The van der Waals surface area contributed by atoms with Crippen LogP contribution in [0, 0.1) is 24.0 Å². The topological polar surface area (TPSA) is 112 Å². The number of furan rings is 1. The number of carbonyl (C=O) groups is 1. The van der Waals surface area contributed by atoms with Crippen molar-refractivity contribution >= 4 is 17.3 Å². The van der Waals surface area contributed by atoms with Gasteiger partial charge in [-0.1, -0.05) is 6.07 Å². The van der Waals surface area contributed by atoms with E-state index >= 15 is 0 Å². The fourth-order valence-electron chi connectivity index (χ4n) is 3.28. The van der Waals surface area contributed by atoms with Crippen molar-refractivity contribution in [2.45, 2.75) is 20.4 Å². The average Bonchev–Trinajstić information content (AvgIpc) is 3.39. The van der Waals surface area contributed by atoms with Gasteiger partial charge in [-0.05, 0) is 55.3 Å². The van der Waals surface area contributed by atoms with E-state index in [1.807, 2.05) is 32.0 Å². The quantitative estimate of drug-likeness (QED) is 0.321. The molecular formula is C23H20N4O5. The molecule has 0 fully saturated rings. The molecule has 9 heteroatoms. The lowest BCUT2D eigenvalue weighted by Gasteiger charge is -2.10. The molecule has 2 aromatic heterocycles. The lowest BCUT2D eigenvalue weighted by atomic mass is 10.1. The minimum absolute atomic E-state index is 0.0791. The van der Waals surface area contributed by atoms with Gasteiger partial charge in [0.05, 0.1) is 23.2 Å². The number of nitrogens with one attached hydrogen (secondary N) is 1. The van der Waals surface area contributed by atoms with E-state index in [1.165, 1.54) is 18.2 Å². The Morgan fingerprint density at radius 1 is 1.12 bits per heavy atom. The highest BCUT2D eigenvalue weighted by molar-refractivity contribution is 6.02. The van der Waals surface area contributed by atoms with Crippen LogP contribution in [0.5, 0.6) is 11.5 Å². The van der Waals surface area contributed by atoms with Gasteiger partial charge in [0.1, 0.15) is 17.3 Å². The van der Waals surface area contributed by atoms with Gasteiger partial charge in [0.25, 0.3) is 11.6 Å². The highest BCUT2D eigenvalue weighted by atomic mass is 16.6. The second-order valence-corrected chi connectivity index (χ2v) is 7.32. The van der Waals surface area contributed by atoms with E-state index in [1.54, 1.807) is 35.3 Å². The molecule has 0 aliphatic carbocycles. The molecule has 0 unspecified atom stereocenters. The summed E-state index contributed by atoms with van der Waals surface area (Å²) in [5.74, 6) is 0.884. The van der Waals surface area contributed by atoms with Crippen molar-refractivity contribution in [1.82, 2.24) is 9.78 Å². The predicted molar refractivity (Wildman–Crippen MR) is 117 cm³/mol. The number of nitro benzene ring substituents is 1. The normalized spacial score (nSPS) is 10.7. The van der Waals surface area contributed by atoms with Crippen LogP contribution in [0.3, 0.4) is 0 Å². The van der Waals surface area contributed by atoms with Crippen molar-refractivity contribution in [3.63, 3.8) is 0 Å². The molecule has 0 saturated carbocycles. The number of ether oxygens (including phenoxy) is 1. The molecule has 0 bridgehead atoms. The molecule has 0 aliphatic rings. The summed E-state index contributed by atoms with van der Waals surface area (Å²) in [6, 6.07) is 14.8. The molecule has 0 radical (unpaired) electrons. The van der Waals surface area contributed by atoms with Crippen molar-refractivity contribution in [2.24, 2.45) is 0 Å². The van der Waals surface area contributed by atoms with Crippen molar-refractivity contribution < 1.29 is 18.9 Å². The van der Waals surface area contributed by atoms with Crippen LogP contribution in [0.25, 0.3) is 0 Å². The lowest BCUT2D eigenvalue weighted by Crippen LogP contribution is -2.11. The molecule has 0 atom stereocenters. The molecule has 162 valence electrons. The van der Waals surface area contributed by atoms with Gasteiger partial charge in [0.15, 0.2) is 5.76 Å². The summed E-state index contributed by atoms with van der Waals surface area (Å²) in [6.45, 7) is 4.25. The number of hydrogen-bond donors (Lipinski definition) is 1. The third-order valence-electron chi connectivity index (χ3n) is 4.55. The van der Waals surface area contributed by atoms with Crippen LogP contribution in [-0.2, 0) is 6.54 Å². The first-order valence-corrected chi connectivity index (χ1v) is 9.79. The maximum Gasteiger partial charge on any atom is 0.291 e. The van der Waals surface area contributed by atoms with Gasteiger partial charge >= 0.3 is 0 Å². The van der Waals surface area contributed by atoms with Crippen LogP contribution >= 0.6 is 0 Å². The van der Waals surface area contributed by atoms with Gasteiger partial charge in [-0.15, -0.1) is 0 Å². The van der Waals surface area contributed by atoms with Gasteiger partial charge < -0.3 is 14.5 Å². The molecule has 1 amide bonds. The Hall–Kier alpha value is -4.40. The smallest absolute Gasteiger partial charge is 0.291 e. The van der Waals surface area contributed by atoms with E-state index in [-0.39, 0.29) is 22.9 Å². The predicted octanol–water partition coefficient (Wildman–Crippen LogP) is 5.09. The molecule has 0 spiro atoms. The lowest BCUT2D eigenvalue weighted by molar-refractivity contribution is -0.384. The van der Waals surface area contributed by atoms with E-state index in [0.29, 0.717) is 18.1 Å². The fraction of sp³-hybridized carbons (Fsp3) is 0.130. The number of non-ortho nitro benzene ring substituents is 1. The fourth-order valence-corrected chi connectivity index (χ4v) is 3.28. The van der Waals surface area contributed by atoms with Gasteiger partial charge in [0, 0.05) is 24.5 Å². The van der Waals surface area contributed by atoms with Crippen molar-refractivity contribution in [2.75, 3.05) is 5.32 Å². The van der Waals surface area contributed by atoms with E-state index in [0.717, 1.165) is 11.1 Å². The number of hydrogen-bond acceptors (Lipinski definition) is 6. The SMILES string of the molecule is Cc1cc(C)cc(Oc2cc(NC(=O)c3ccc(Cn4cccn4)o3)cc([N+](=O)[O-])c2)c1. The zero-order valence-electron chi connectivity index (χ0n) is 17.4. The first-order chi connectivity index (χ1) is 15.4. The Bertz CT molecular complexity index is 1260. The summed E-state index contributed by atoms with van der Waals surface area (Å²) in [4.78, 5) is 23.5. The van der Waals surface area contributed by atoms with Crippen LogP contribution in [0.2, 0.25) is 0 Å². The van der Waals surface area contributed by atoms with Crippen LogP contribution in [0.15, 0.2) is 71.4 Å². The Labute approximate surface area is 183 Å². The summed E-state index contributed by atoms with van der Waals surface area (Å²) in [7, 11) is 0. The number of aromatic nitrogens is 2.